The summed E-state index contributed by atoms with van der Waals surface area (Å²) in [6.07, 6.45) is 0. The maximum atomic E-state index is 12.1. The summed E-state index contributed by atoms with van der Waals surface area (Å²) in [6, 6.07) is 15.7. The van der Waals surface area contributed by atoms with Crippen molar-refractivity contribution >= 4 is 17.7 Å². The number of carbonyl (C=O) groups excluding carboxylic acids is 2. The summed E-state index contributed by atoms with van der Waals surface area (Å²) in [6.45, 7) is 3.73. The van der Waals surface area contributed by atoms with Gasteiger partial charge in [-0.25, -0.2) is 9.59 Å². The standard InChI is InChI=1S/C20H20N2O3/c1-15(2)21-20(24)22-18-12-6-11-17(14-18)19(23)25-13-7-10-16-8-4-3-5-9-16/h3-6,8-9,11-12,14-15H,13H2,1-2H3,(H2,21,22,24). The van der Waals surface area contributed by atoms with Crippen molar-refractivity contribution in [2.24, 2.45) is 0 Å². The first-order valence-corrected chi connectivity index (χ1v) is 7.93. The summed E-state index contributed by atoms with van der Waals surface area (Å²) in [5.74, 6) is 5.22. The van der Waals surface area contributed by atoms with Crippen molar-refractivity contribution in [1.82, 2.24) is 5.32 Å². The van der Waals surface area contributed by atoms with Gasteiger partial charge in [-0.3, -0.25) is 0 Å². The van der Waals surface area contributed by atoms with E-state index in [9.17, 15) is 9.59 Å². The van der Waals surface area contributed by atoms with Crippen molar-refractivity contribution in [2.45, 2.75) is 19.9 Å². The molecule has 0 fully saturated rings. The van der Waals surface area contributed by atoms with Crippen molar-refractivity contribution in [3.05, 3.63) is 65.7 Å². The predicted molar refractivity (Wildman–Crippen MR) is 97.3 cm³/mol. The minimum atomic E-state index is -0.490. The van der Waals surface area contributed by atoms with Gasteiger partial charge in [0.15, 0.2) is 6.61 Å². The Morgan fingerprint density at radius 2 is 1.84 bits per heavy atom. The van der Waals surface area contributed by atoms with Gasteiger partial charge in [-0.2, -0.15) is 0 Å². The number of carbonyl (C=O) groups is 2. The second kappa shape index (κ2) is 9.14. The largest absolute Gasteiger partial charge is 0.449 e. The van der Waals surface area contributed by atoms with E-state index in [1.807, 2.05) is 44.2 Å². The molecular formula is C20H20N2O3. The molecule has 0 aliphatic rings. The Bertz CT molecular complexity index is 789. The van der Waals surface area contributed by atoms with Gasteiger partial charge in [-0.1, -0.05) is 36.1 Å². The minimum Gasteiger partial charge on any atom is -0.449 e. The molecule has 0 bridgehead atoms. The fraction of sp³-hybridized carbons (Fsp3) is 0.200. The van der Waals surface area contributed by atoms with E-state index < -0.39 is 5.97 Å². The molecule has 0 saturated heterocycles. The van der Waals surface area contributed by atoms with Crippen LogP contribution >= 0.6 is 0 Å². The highest BCUT2D eigenvalue weighted by molar-refractivity contribution is 5.94. The Morgan fingerprint density at radius 1 is 1.08 bits per heavy atom. The molecule has 25 heavy (non-hydrogen) atoms. The van der Waals surface area contributed by atoms with Crippen molar-refractivity contribution in [1.29, 1.82) is 0 Å². The van der Waals surface area contributed by atoms with Crippen molar-refractivity contribution < 1.29 is 14.3 Å². The number of anilines is 1. The lowest BCUT2D eigenvalue weighted by Gasteiger charge is -2.10. The molecule has 2 rings (SSSR count). The summed E-state index contributed by atoms with van der Waals surface area (Å²) >= 11 is 0. The zero-order valence-corrected chi connectivity index (χ0v) is 14.2. The summed E-state index contributed by atoms with van der Waals surface area (Å²) in [7, 11) is 0. The van der Waals surface area contributed by atoms with Gasteiger partial charge >= 0.3 is 12.0 Å². The molecule has 2 N–H and O–H groups in total. The number of rotatable bonds is 4. The monoisotopic (exact) mass is 336 g/mol. The third kappa shape index (κ3) is 6.40. The van der Waals surface area contributed by atoms with E-state index in [1.165, 1.54) is 0 Å². The van der Waals surface area contributed by atoms with Crippen molar-refractivity contribution in [2.75, 3.05) is 11.9 Å². The molecule has 0 unspecified atom stereocenters. The number of ether oxygens (including phenoxy) is 1. The van der Waals surface area contributed by atoms with Gasteiger partial charge in [0, 0.05) is 17.3 Å². The van der Waals surface area contributed by atoms with Crippen LogP contribution in [0.15, 0.2) is 54.6 Å². The van der Waals surface area contributed by atoms with Crippen LogP contribution in [0.1, 0.15) is 29.8 Å². The molecular weight excluding hydrogens is 316 g/mol. The lowest BCUT2D eigenvalue weighted by molar-refractivity contribution is 0.0556. The first-order valence-electron chi connectivity index (χ1n) is 7.93. The summed E-state index contributed by atoms with van der Waals surface area (Å²) < 4.78 is 5.13. The lowest BCUT2D eigenvalue weighted by atomic mass is 10.2. The summed E-state index contributed by atoms with van der Waals surface area (Å²) in [4.78, 5) is 23.7. The first kappa shape index (κ1) is 18.1. The average Bonchev–Trinajstić information content (AvgIpc) is 2.59. The summed E-state index contributed by atoms with van der Waals surface area (Å²) in [5.41, 5.74) is 1.73. The topological polar surface area (TPSA) is 67.4 Å². The highest BCUT2D eigenvalue weighted by atomic mass is 16.5. The quantitative estimate of drug-likeness (QED) is 0.664. The summed E-state index contributed by atoms with van der Waals surface area (Å²) in [5, 5.41) is 5.38. The normalized spacial score (nSPS) is 9.72. The number of amides is 2. The Balaban J connectivity index is 1.90. The lowest BCUT2D eigenvalue weighted by Crippen LogP contribution is -2.34. The zero-order valence-electron chi connectivity index (χ0n) is 14.2. The maximum absolute atomic E-state index is 12.1. The molecule has 2 aromatic rings. The molecule has 0 heterocycles. The van der Waals surface area contributed by atoms with E-state index in [0.717, 1.165) is 5.56 Å². The Hall–Kier alpha value is -3.26. The SMILES string of the molecule is CC(C)NC(=O)Nc1cccc(C(=O)OCC#Cc2ccccc2)c1. The van der Waals surface area contributed by atoms with Gasteiger partial charge in [0.05, 0.1) is 5.56 Å². The van der Waals surface area contributed by atoms with Crippen molar-refractivity contribution in [3.8, 4) is 11.8 Å². The van der Waals surface area contributed by atoms with Crippen LogP contribution in [-0.2, 0) is 4.74 Å². The van der Waals surface area contributed by atoms with Crippen LogP contribution in [0.3, 0.4) is 0 Å². The second-order valence-corrected chi connectivity index (χ2v) is 5.58. The highest BCUT2D eigenvalue weighted by Gasteiger charge is 2.09. The maximum Gasteiger partial charge on any atom is 0.339 e. The highest BCUT2D eigenvalue weighted by Crippen LogP contribution is 2.11. The number of urea groups is 1. The Kier molecular flexibility index (Phi) is 6.61. The van der Waals surface area contributed by atoms with Gasteiger partial charge in [-0.15, -0.1) is 0 Å². The first-order chi connectivity index (χ1) is 12.0. The Labute approximate surface area is 147 Å². The third-order valence-corrected chi connectivity index (χ3v) is 3.06. The van der Waals surface area contributed by atoms with Crippen LogP contribution in [0.5, 0.6) is 0 Å². The molecule has 0 aliphatic heterocycles. The van der Waals surface area contributed by atoms with Crippen LogP contribution in [0.4, 0.5) is 10.5 Å². The molecule has 0 spiro atoms. The number of hydrogen-bond acceptors (Lipinski definition) is 3. The smallest absolute Gasteiger partial charge is 0.339 e. The molecule has 2 amide bonds. The van der Waals surface area contributed by atoms with E-state index in [0.29, 0.717) is 11.3 Å². The van der Waals surface area contributed by atoms with Gasteiger partial charge in [0.2, 0.25) is 0 Å². The molecule has 0 radical (unpaired) electrons. The number of hydrogen-bond donors (Lipinski definition) is 2. The molecule has 128 valence electrons. The molecule has 0 saturated carbocycles. The van der Waals surface area contributed by atoms with Crippen LogP contribution in [0.25, 0.3) is 0 Å². The molecule has 0 aromatic heterocycles. The fourth-order valence-corrected chi connectivity index (χ4v) is 2.00. The van der Waals surface area contributed by atoms with Gasteiger partial charge in [0.1, 0.15) is 0 Å². The average molecular weight is 336 g/mol. The van der Waals surface area contributed by atoms with Crippen LogP contribution in [0, 0.1) is 11.8 Å². The molecule has 5 nitrogen and oxygen atoms in total. The van der Waals surface area contributed by atoms with Crippen LogP contribution < -0.4 is 10.6 Å². The van der Waals surface area contributed by atoms with E-state index in [4.69, 9.17) is 4.74 Å². The van der Waals surface area contributed by atoms with Crippen LogP contribution in [-0.4, -0.2) is 24.6 Å². The van der Waals surface area contributed by atoms with E-state index >= 15 is 0 Å². The third-order valence-electron chi connectivity index (χ3n) is 3.06. The van der Waals surface area contributed by atoms with E-state index in [-0.39, 0.29) is 18.7 Å². The van der Waals surface area contributed by atoms with Gasteiger partial charge in [-0.05, 0) is 44.2 Å². The second-order valence-electron chi connectivity index (χ2n) is 5.58. The van der Waals surface area contributed by atoms with Crippen molar-refractivity contribution in [3.63, 3.8) is 0 Å². The Morgan fingerprint density at radius 3 is 2.56 bits per heavy atom. The zero-order chi connectivity index (χ0) is 18.1. The van der Waals surface area contributed by atoms with E-state index in [2.05, 4.69) is 22.5 Å². The fourth-order valence-electron chi connectivity index (χ4n) is 2.00. The predicted octanol–water partition coefficient (Wildman–Crippen LogP) is 3.43. The van der Waals surface area contributed by atoms with E-state index in [1.54, 1.807) is 24.3 Å². The number of benzene rings is 2. The van der Waals surface area contributed by atoms with Gasteiger partial charge in [0.25, 0.3) is 0 Å². The molecule has 5 heteroatoms. The van der Waals surface area contributed by atoms with Gasteiger partial charge < -0.3 is 15.4 Å². The molecule has 2 aromatic carbocycles. The van der Waals surface area contributed by atoms with Crippen LogP contribution in [0.2, 0.25) is 0 Å². The minimum absolute atomic E-state index is 0.000774. The molecule has 0 atom stereocenters. The molecule has 0 aliphatic carbocycles. The number of nitrogens with one attached hydrogen (secondary N) is 2. The number of esters is 1.